The number of thiazole rings is 1. The molecule has 0 unspecified atom stereocenters. The highest BCUT2D eigenvalue weighted by molar-refractivity contribution is 7.09. The number of hydrogen-bond donors (Lipinski definition) is 1. The lowest BCUT2D eigenvalue weighted by Crippen LogP contribution is -2.42. The van der Waals surface area contributed by atoms with Crippen LogP contribution < -0.4 is 5.32 Å². The van der Waals surface area contributed by atoms with Gasteiger partial charge >= 0.3 is 6.09 Å². The minimum Gasteiger partial charge on any atom is -0.459 e. The van der Waals surface area contributed by atoms with Crippen molar-refractivity contribution in [2.75, 3.05) is 13.1 Å². The minimum absolute atomic E-state index is 0.113. The van der Waals surface area contributed by atoms with Gasteiger partial charge in [-0.05, 0) is 45.9 Å². The molecule has 25 heavy (non-hydrogen) atoms. The number of carbonyl (C=O) groups is 2. The first-order chi connectivity index (χ1) is 11.9. The molecule has 0 saturated heterocycles. The summed E-state index contributed by atoms with van der Waals surface area (Å²) in [4.78, 5) is 30.1. The third-order valence-electron chi connectivity index (χ3n) is 3.09. The fraction of sp³-hybridized carbons (Fsp3) is 0.471. The van der Waals surface area contributed by atoms with Crippen molar-refractivity contribution in [2.24, 2.45) is 0 Å². The van der Waals surface area contributed by atoms with Gasteiger partial charge in [-0.25, -0.2) is 14.7 Å². The molecule has 0 bridgehead atoms. The summed E-state index contributed by atoms with van der Waals surface area (Å²) in [5.74, 6) is -0.388. The van der Waals surface area contributed by atoms with Crippen molar-refractivity contribution in [2.45, 2.75) is 39.3 Å². The molecule has 136 valence electrons. The summed E-state index contributed by atoms with van der Waals surface area (Å²) in [5, 5.41) is 6.15. The molecule has 0 aliphatic carbocycles. The molecular formula is C17H23N3O4S. The SMILES string of the molecule is CC(C)(C)OC(=O)N(CCCNCc1nccs1)C(=O)c1ccco1. The molecule has 2 aromatic heterocycles. The standard InChI is InChI=1S/C17H23N3O4S/c1-17(2,3)24-16(22)20(15(21)13-6-4-10-23-13)9-5-7-18-12-14-19-8-11-25-14/h4,6,8,10-11,18H,5,7,9,12H2,1-3H3. The van der Waals surface area contributed by atoms with Crippen molar-refractivity contribution < 1.29 is 18.7 Å². The van der Waals surface area contributed by atoms with E-state index in [1.165, 1.54) is 12.3 Å². The zero-order valence-electron chi connectivity index (χ0n) is 14.7. The maximum Gasteiger partial charge on any atom is 0.417 e. The maximum atomic E-state index is 12.5. The van der Waals surface area contributed by atoms with Crippen LogP contribution in [0.25, 0.3) is 0 Å². The highest BCUT2D eigenvalue weighted by Crippen LogP contribution is 2.13. The van der Waals surface area contributed by atoms with Crippen LogP contribution in [0.2, 0.25) is 0 Å². The summed E-state index contributed by atoms with van der Waals surface area (Å²) in [6.07, 6.45) is 3.08. The Bertz CT molecular complexity index is 663. The summed E-state index contributed by atoms with van der Waals surface area (Å²) >= 11 is 1.58. The van der Waals surface area contributed by atoms with Gasteiger partial charge in [0.2, 0.25) is 0 Å². The predicted molar refractivity (Wildman–Crippen MR) is 94.4 cm³/mol. The number of ether oxygens (including phenoxy) is 1. The topological polar surface area (TPSA) is 84.7 Å². The van der Waals surface area contributed by atoms with Crippen LogP contribution in [0.3, 0.4) is 0 Å². The van der Waals surface area contributed by atoms with Crippen molar-refractivity contribution in [3.8, 4) is 0 Å². The fourth-order valence-corrected chi connectivity index (χ4v) is 2.61. The van der Waals surface area contributed by atoms with E-state index in [2.05, 4.69) is 10.3 Å². The van der Waals surface area contributed by atoms with Gasteiger partial charge in [-0.1, -0.05) is 0 Å². The predicted octanol–water partition coefficient (Wildman–Crippen LogP) is 3.29. The van der Waals surface area contributed by atoms with E-state index in [0.29, 0.717) is 19.5 Å². The molecule has 0 aliphatic rings. The Morgan fingerprint density at radius 1 is 1.40 bits per heavy atom. The number of hydrogen-bond acceptors (Lipinski definition) is 7. The number of aromatic nitrogens is 1. The van der Waals surface area contributed by atoms with E-state index in [-0.39, 0.29) is 12.3 Å². The molecule has 1 N–H and O–H groups in total. The van der Waals surface area contributed by atoms with Gasteiger partial charge in [0, 0.05) is 24.7 Å². The lowest BCUT2D eigenvalue weighted by Gasteiger charge is -2.25. The molecule has 2 amide bonds. The molecule has 0 atom stereocenters. The Morgan fingerprint density at radius 2 is 2.20 bits per heavy atom. The second-order valence-electron chi connectivity index (χ2n) is 6.37. The molecule has 2 aromatic rings. The van der Waals surface area contributed by atoms with Crippen LogP contribution in [0, 0.1) is 0 Å². The van der Waals surface area contributed by atoms with Gasteiger partial charge in [0.25, 0.3) is 5.91 Å². The Labute approximate surface area is 151 Å². The summed E-state index contributed by atoms with van der Waals surface area (Å²) in [5.41, 5.74) is -0.679. The van der Waals surface area contributed by atoms with Crippen LogP contribution in [0.15, 0.2) is 34.4 Å². The van der Waals surface area contributed by atoms with Gasteiger partial charge in [-0.15, -0.1) is 11.3 Å². The zero-order chi connectivity index (χ0) is 18.3. The number of nitrogens with zero attached hydrogens (tertiary/aromatic N) is 2. The highest BCUT2D eigenvalue weighted by Gasteiger charge is 2.29. The van der Waals surface area contributed by atoms with Gasteiger partial charge in [0.15, 0.2) is 5.76 Å². The minimum atomic E-state index is -0.679. The molecule has 0 saturated carbocycles. The Balaban J connectivity index is 1.89. The van der Waals surface area contributed by atoms with Gasteiger partial charge in [0.05, 0.1) is 6.26 Å². The number of furan rings is 1. The van der Waals surface area contributed by atoms with Crippen LogP contribution >= 0.6 is 11.3 Å². The third-order valence-corrected chi connectivity index (χ3v) is 3.87. The Kier molecular flexibility index (Phi) is 6.72. The van der Waals surface area contributed by atoms with E-state index in [1.807, 2.05) is 5.38 Å². The molecule has 0 fully saturated rings. The number of rotatable bonds is 7. The van der Waals surface area contributed by atoms with E-state index in [4.69, 9.17) is 9.15 Å². The van der Waals surface area contributed by atoms with Crippen LogP contribution in [-0.4, -0.2) is 40.6 Å². The summed E-state index contributed by atoms with van der Waals surface area (Å²) in [6, 6.07) is 3.14. The van der Waals surface area contributed by atoms with Crippen LogP contribution in [0.4, 0.5) is 4.79 Å². The quantitative estimate of drug-likeness (QED) is 0.758. The third kappa shape index (κ3) is 6.32. The van der Waals surface area contributed by atoms with Gasteiger partial charge in [-0.3, -0.25) is 4.79 Å². The van der Waals surface area contributed by atoms with E-state index in [0.717, 1.165) is 9.91 Å². The summed E-state index contributed by atoms with van der Waals surface area (Å²) in [7, 11) is 0. The smallest absolute Gasteiger partial charge is 0.417 e. The molecule has 8 heteroatoms. The second-order valence-corrected chi connectivity index (χ2v) is 7.35. The van der Waals surface area contributed by atoms with Crippen molar-refractivity contribution in [1.82, 2.24) is 15.2 Å². The molecule has 0 aliphatic heterocycles. The molecular weight excluding hydrogens is 342 g/mol. The molecule has 0 spiro atoms. The van der Waals surface area contributed by atoms with E-state index in [1.54, 1.807) is 44.4 Å². The van der Waals surface area contributed by atoms with E-state index in [9.17, 15) is 9.59 Å². The summed E-state index contributed by atoms with van der Waals surface area (Å²) < 4.78 is 10.4. The fourth-order valence-electron chi connectivity index (χ4n) is 2.02. The van der Waals surface area contributed by atoms with Crippen molar-refractivity contribution in [3.63, 3.8) is 0 Å². The molecule has 7 nitrogen and oxygen atoms in total. The number of carbonyl (C=O) groups excluding carboxylic acids is 2. The average molecular weight is 365 g/mol. The van der Waals surface area contributed by atoms with E-state index < -0.39 is 17.6 Å². The van der Waals surface area contributed by atoms with Crippen molar-refractivity contribution in [3.05, 3.63) is 40.7 Å². The van der Waals surface area contributed by atoms with Crippen LogP contribution in [0.5, 0.6) is 0 Å². The molecule has 2 rings (SSSR count). The average Bonchev–Trinajstić information content (AvgIpc) is 3.21. The van der Waals surface area contributed by atoms with Gasteiger partial charge in [-0.2, -0.15) is 0 Å². The van der Waals surface area contributed by atoms with Gasteiger partial charge < -0.3 is 14.5 Å². The maximum absolute atomic E-state index is 12.5. The first-order valence-electron chi connectivity index (χ1n) is 8.04. The second kappa shape index (κ2) is 8.77. The van der Waals surface area contributed by atoms with Crippen LogP contribution in [0.1, 0.15) is 42.8 Å². The largest absolute Gasteiger partial charge is 0.459 e. The first-order valence-corrected chi connectivity index (χ1v) is 8.92. The molecule has 2 heterocycles. The molecule has 0 aromatic carbocycles. The first kappa shape index (κ1) is 19.1. The highest BCUT2D eigenvalue weighted by atomic mass is 32.1. The zero-order valence-corrected chi connectivity index (χ0v) is 15.5. The lowest BCUT2D eigenvalue weighted by molar-refractivity contribution is 0.0229. The number of imide groups is 1. The number of nitrogens with one attached hydrogen (secondary N) is 1. The van der Waals surface area contributed by atoms with Gasteiger partial charge in [0.1, 0.15) is 10.6 Å². The summed E-state index contributed by atoms with van der Waals surface area (Å²) in [6.45, 7) is 6.82. The molecule has 0 radical (unpaired) electrons. The van der Waals surface area contributed by atoms with Crippen molar-refractivity contribution in [1.29, 1.82) is 0 Å². The van der Waals surface area contributed by atoms with E-state index >= 15 is 0 Å². The monoisotopic (exact) mass is 365 g/mol. The lowest BCUT2D eigenvalue weighted by atomic mass is 10.2. The normalized spacial score (nSPS) is 11.3. The Hall–Kier alpha value is -2.19. The Morgan fingerprint density at radius 3 is 2.80 bits per heavy atom. The number of amides is 2. The van der Waals surface area contributed by atoms with Crippen LogP contribution in [-0.2, 0) is 11.3 Å². The van der Waals surface area contributed by atoms with Crippen molar-refractivity contribution >= 4 is 23.3 Å².